The summed E-state index contributed by atoms with van der Waals surface area (Å²) in [5.41, 5.74) is 0. The molecule has 0 saturated carbocycles. The fraction of sp³-hybridized carbons (Fsp3) is 0.733. The first-order valence-electron chi connectivity index (χ1n) is 7.15. The number of ether oxygens (including phenoxy) is 1. The molecule has 1 fully saturated rings. The van der Waals surface area contributed by atoms with Gasteiger partial charge in [-0.2, -0.15) is 0 Å². The Hall–Kier alpha value is -0.800. The van der Waals surface area contributed by atoms with Gasteiger partial charge in [0.15, 0.2) is 0 Å². The fourth-order valence-electron chi connectivity index (χ4n) is 2.44. The third-order valence-corrected chi connectivity index (χ3v) is 3.60. The highest BCUT2D eigenvalue weighted by atomic mass is 16.5. The SMILES string of the molecule is CCc1ccc(CN(C)CC[C@@H]2CCCCO2)o1. The summed E-state index contributed by atoms with van der Waals surface area (Å²) in [7, 11) is 2.15. The minimum atomic E-state index is 0.476. The van der Waals surface area contributed by atoms with Crippen molar-refractivity contribution in [1.82, 2.24) is 4.90 Å². The molecule has 1 aromatic heterocycles. The molecule has 3 nitrogen and oxygen atoms in total. The van der Waals surface area contributed by atoms with Crippen LogP contribution in [-0.2, 0) is 17.7 Å². The monoisotopic (exact) mass is 251 g/mol. The Morgan fingerprint density at radius 2 is 2.11 bits per heavy atom. The Morgan fingerprint density at radius 1 is 1.28 bits per heavy atom. The normalized spacial score (nSPS) is 20.5. The topological polar surface area (TPSA) is 25.6 Å². The molecule has 0 aliphatic carbocycles. The quantitative estimate of drug-likeness (QED) is 0.776. The zero-order valence-electron chi connectivity index (χ0n) is 11.7. The molecule has 1 atom stereocenters. The smallest absolute Gasteiger partial charge is 0.118 e. The Kier molecular flexibility index (Phi) is 5.26. The van der Waals surface area contributed by atoms with E-state index in [-0.39, 0.29) is 0 Å². The van der Waals surface area contributed by atoms with Crippen molar-refractivity contribution in [3.63, 3.8) is 0 Å². The van der Waals surface area contributed by atoms with Crippen LogP contribution in [0, 0.1) is 0 Å². The van der Waals surface area contributed by atoms with Gasteiger partial charge in [-0.25, -0.2) is 0 Å². The summed E-state index contributed by atoms with van der Waals surface area (Å²) in [5, 5.41) is 0. The molecule has 3 heteroatoms. The van der Waals surface area contributed by atoms with Gasteiger partial charge in [0, 0.05) is 19.6 Å². The van der Waals surface area contributed by atoms with Gasteiger partial charge in [0.25, 0.3) is 0 Å². The third kappa shape index (κ3) is 4.14. The number of hydrogen-bond donors (Lipinski definition) is 0. The molecule has 0 bridgehead atoms. The summed E-state index contributed by atoms with van der Waals surface area (Å²) in [5.74, 6) is 2.15. The molecule has 0 spiro atoms. The van der Waals surface area contributed by atoms with Crippen LogP contribution in [0.1, 0.15) is 44.1 Å². The highest BCUT2D eigenvalue weighted by molar-refractivity contribution is 5.06. The van der Waals surface area contributed by atoms with E-state index in [1.165, 1.54) is 19.3 Å². The van der Waals surface area contributed by atoms with Crippen LogP contribution < -0.4 is 0 Å². The van der Waals surface area contributed by atoms with Crippen LogP contribution in [0.2, 0.25) is 0 Å². The van der Waals surface area contributed by atoms with Crippen LogP contribution in [0.5, 0.6) is 0 Å². The molecule has 1 aliphatic heterocycles. The van der Waals surface area contributed by atoms with Gasteiger partial charge in [0.1, 0.15) is 11.5 Å². The van der Waals surface area contributed by atoms with Gasteiger partial charge in [-0.3, -0.25) is 4.90 Å². The van der Waals surface area contributed by atoms with Crippen molar-refractivity contribution in [3.8, 4) is 0 Å². The molecule has 2 heterocycles. The van der Waals surface area contributed by atoms with Gasteiger partial charge in [0.05, 0.1) is 12.6 Å². The first-order chi connectivity index (χ1) is 8.78. The molecule has 102 valence electrons. The van der Waals surface area contributed by atoms with Crippen LogP contribution in [-0.4, -0.2) is 31.2 Å². The maximum Gasteiger partial charge on any atom is 0.118 e. The number of hydrogen-bond acceptors (Lipinski definition) is 3. The molecule has 0 amide bonds. The van der Waals surface area contributed by atoms with Crippen LogP contribution in [0.15, 0.2) is 16.5 Å². The molecule has 18 heavy (non-hydrogen) atoms. The molecule has 2 rings (SSSR count). The predicted octanol–water partition coefficient (Wildman–Crippen LogP) is 3.23. The van der Waals surface area contributed by atoms with Crippen LogP contribution in [0.3, 0.4) is 0 Å². The highest BCUT2D eigenvalue weighted by Crippen LogP contribution is 2.16. The maximum absolute atomic E-state index is 5.75. The van der Waals surface area contributed by atoms with Crippen LogP contribution in [0.4, 0.5) is 0 Å². The van der Waals surface area contributed by atoms with Crippen molar-refractivity contribution in [1.29, 1.82) is 0 Å². The van der Waals surface area contributed by atoms with E-state index in [0.717, 1.165) is 44.1 Å². The first-order valence-corrected chi connectivity index (χ1v) is 7.15. The van der Waals surface area contributed by atoms with Gasteiger partial charge in [-0.1, -0.05) is 6.92 Å². The highest BCUT2D eigenvalue weighted by Gasteiger charge is 2.14. The van der Waals surface area contributed by atoms with E-state index in [4.69, 9.17) is 9.15 Å². The Morgan fingerprint density at radius 3 is 2.78 bits per heavy atom. The second kappa shape index (κ2) is 6.95. The Balaban J connectivity index is 1.69. The molecular formula is C15H25NO2. The first kappa shape index (κ1) is 13.6. The summed E-state index contributed by atoms with van der Waals surface area (Å²) in [6, 6.07) is 4.17. The van der Waals surface area contributed by atoms with E-state index >= 15 is 0 Å². The third-order valence-electron chi connectivity index (χ3n) is 3.60. The van der Waals surface area contributed by atoms with Crippen molar-refractivity contribution < 1.29 is 9.15 Å². The van der Waals surface area contributed by atoms with Crippen LogP contribution in [0.25, 0.3) is 0 Å². The lowest BCUT2D eigenvalue weighted by Crippen LogP contribution is -2.26. The average molecular weight is 251 g/mol. The average Bonchev–Trinajstić information content (AvgIpc) is 2.85. The van der Waals surface area contributed by atoms with Crippen molar-refractivity contribution in [2.24, 2.45) is 0 Å². The fourth-order valence-corrected chi connectivity index (χ4v) is 2.44. The molecule has 0 aromatic carbocycles. The van der Waals surface area contributed by atoms with Crippen LogP contribution >= 0.6 is 0 Å². The minimum absolute atomic E-state index is 0.476. The van der Waals surface area contributed by atoms with E-state index in [0.29, 0.717) is 6.10 Å². The second-order valence-corrected chi connectivity index (χ2v) is 5.24. The lowest BCUT2D eigenvalue weighted by atomic mass is 10.1. The van der Waals surface area contributed by atoms with Gasteiger partial charge in [-0.05, 0) is 44.9 Å². The lowest BCUT2D eigenvalue weighted by molar-refractivity contribution is 0.00614. The number of nitrogens with zero attached hydrogens (tertiary/aromatic N) is 1. The second-order valence-electron chi connectivity index (χ2n) is 5.24. The summed E-state index contributed by atoms with van der Waals surface area (Å²) in [6.07, 6.45) is 6.38. The van der Waals surface area contributed by atoms with E-state index < -0.39 is 0 Å². The van der Waals surface area contributed by atoms with Crippen molar-refractivity contribution in [2.75, 3.05) is 20.2 Å². The molecule has 1 aliphatic rings. The summed E-state index contributed by atoms with van der Waals surface area (Å²) >= 11 is 0. The van der Waals surface area contributed by atoms with Crippen molar-refractivity contribution in [2.45, 2.75) is 51.7 Å². The van der Waals surface area contributed by atoms with Gasteiger partial charge in [0.2, 0.25) is 0 Å². The van der Waals surface area contributed by atoms with Gasteiger partial charge >= 0.3 is 0 Å². The summed E-state index contributed by atoms with van der Waals surface area (Å²) in [4.78, 5) is 2.32. The minimum Gasteiger partial charge on any atom is -0.465 e. The zero-order valence-corrected chi connectivity index (χ0v) is 11.7. The maximum atomic E-state index is 5.75. The molecule has 1 aromatic rings. The molecular weight excluding hydrogens is 226 g/mol. The van der Waals surface area contributed by atoms with Gasteiger partial charge < -0.3 is 9.15 Å². The largest absolute Gasteiger partial charge is 0.465 e. The Bertz CT molecular complexity index is 342. The standard InChI is InChI=1S/C15H25NO2/c1-3-13-7-8-15(18-13)12-16(2)10-9-14-6-4-5-11-17-14/h7-8,14H,3-6,9-12H2,1-2H3/t14-/m0/s1. The summed E-state index contributed by atoms with van der Waals surface area (Å²) < 4.78 is 11.5. The van der Waals surface area contributed by atoms with Crippen molar-refractivity contribution in [3.05, 3.63) is 23.7 Å². The lowest BCUT2D eigenvalue weighted by Gasteiger charge is -2.24. The molecule has 0 radical (unpaired) electrons. The number of rotatable bonds is 6. The molecule has 1 saturated heterocycles. The van der Waals surface area contributed by atoms with E-state index in [9.17, 15) is 0 Å². The van der Waals surface area contributed by atoms with E-state index in [2.05, 4.69) is 31.0 Å². The van der Waals surface area contributed by atoms with Crippen molar-refractivity contribution >= 4 is 0 Å². The summed E-state index contributed by atoms with van der Waals surface area (Å²) in [6.45, 7) is 5.04. The molecule has 0 N–H and O–H groups in total. The van der Waals surface area contributed by atoms with Gasteiger partial charge in [-0.15, -0.1) is 0 Å². The number of furan rings is 1. The zero-order chi connectivity index (χ0) is 12.8. The number of aryl methyl sites for hydroxylation is 1. The predicted molar refractivity (Wildman–Crippen MR) is 72.6 cm³/mol. The van der Waals surface area contributed by atoms with E-state index in [1.54, 1.807) is 0 Å². The Labute approximate surface area is 110 Å². The molecule has 0 unspecified atom stereocenters. The van der Waals surface area contributed by atoms with E-state index in [1.807, 2.05) is 0 Å².